The molecule has 1 atom stereocenters. The van der Waals surface area contributed by atoms with Crippen molar-refractivity contribution >= 4 is 11.3 Å². The maximum Gasteiger partial charge on any atom is 0.573 e. The van der Waals surface area contributed by atoms with Crippen LogP contribution in [0.3, 0.4) is 0 Å². The molecule has 0 radical (unpaired) electrons. The van der Waals surface area contributed by atoms with Gasteiger partial charge in [-0.25, -0.2) is 0 Å². The fourth-order valence-electron chi connectivity index (χ4n) is 1.66. The number of alkyl halides is 3. The van der Waals surface area contributed by atoms with E-state index in [2.05, 4.69) is 4.74 Å². The van der Waals surface area contributed by atoms with Crippen molar-refractivity contribution in [3.8, 4) is 5.75 Å². The number of rotatable bonds is 3. The Bertz CT molecular complexity index is 548. The number of thiophene rings is 1. The van der Waals surface area contributed by atoms with Crippen molar-refractivity contribution in [2.45, 2.75) is 19.3 Å². The molecule has 2 N–H and O–H groups in total. The summed E-state index contributed by atoms with van der Waals surface area (Å²) in [7, 11) is 0. The Balaban J connectivity index is 2.14. The third-order valence-electron chi connectivity index (χ3n) is 2.54. The van der Waals surface area contributed by atoms with Crippen molar-refractivity contribution in [3.63, 3.8) is 0 Å². The second-order valence-corrected chi connectivity index (χ2v) is 5.36. The van der Waals surface area contributed by atoms with Crippen LogP contribution in [0.1, 0.15) is 21.4 Å². The number of ether oxygens (including phenoxy) is 1. The summed E-state index contributed by atoms with van der Waals surface area (Å²) >= 11 is 1.57. The molecule has 6 heteroatoms. The molecule has 0 bridgehead atoms. The van der Waals surface area contributed by atoms with Gasteiger partial charge in [-0.3, -0.25) is 0 Å². The van der Waals surface area contributed by atoms with E-state index in [4.69, 9.17) is 5.73 Å². The number of aryl methyl sites for hydroxylation is 1. The molecule has 102 valence electrons. The molecule has 0 aliphatic heterocycles. The number of hydrogen-bond acceptors (Lipinski definition) is 3. The van der Waals surface area contributed by atoms with Gasteiger partial charge in [-0.05, 0) is 36.8 Å². The van der Waals surface area contributed by atoms with Gasteiger partial charge in [0.25, 0.3) is 0 Å². The first-order chi connectivity index (χ1) is 8.85. The molecule has 0 aliphatic carbocycles. The van der Waals surface area contributed by atoms with Crippen molar-refractivity contribution in [2.75, 3.05) is 0 Å². The fourth-order valence-corrected chi connectivity index (χ4v) is 2.57. The zero-order chi connectivity index (χ0) is 14.0. The largest absolute Gasteiger partial charge is 0.573 e. The first kappa shape index (κ1) is 13.9. The van der Waals surface area contributed by atoms with Crippen LogP contribution in [0.25, 0.3) is 0 Å². The molecule has 2 aromatic rings. The van der Waals surface area contributed by atoms with Crippen molar-refractivity contribution in [3.05, 3.63) is 51.7 Å². The van der Waals surface area contributed by atoms with Crippen molar-refractivity contribution in [2.24, 2.45) is 5.73 Å². The lowest BCUT2D eigenvalue weighted by Crippen LogP contribution is -2.17. The van der Waals surface area contributed by atoms with Gasteiger partial charge in [0.1, 0.15) is 5.75 Å². The van der Waals surface area contributed by atoms with Gasteiger partial charge in [0, 0.05) is 9.75 Å². The third kappa shape index (κ3) is 3.71. The quantitative estimate of drug-likeness (QED) is 0.926. The highest BCUT2D eigenvalue weighted by molar-refractivity contribution is 7.12. The normalized spacial score (nSPS) is 13.3. The van der Waals surface area contributed by atoms with E-state index in [1.54, 1.807) is 23.5 Å². The monoisotopic (exact) mass is 287 g/mol. The van der Waals surface area contributed by atoms with Crippen LogP contribution in [-0.2, 0) is 0 Å². The van der Waals surface area contributed by atoms with Crippen LogP contribution in [0.4, 0.5) is 13.2 Å². The Morgan fingerprint density at radius 3 is 2.21 bits per heavy atom. The van der Waals surface area contributed by atoms with Crippen molar-refractivity contribution in [1.29, 1.82) is 0 Å². The molecule has 19 heavy (non-hydrogen) atoms. The highest BCUT2D eigenvalue weighted by atomic mass is 32.1. The van der Waals surface area contributed by atoms with Gasteiger partial charge in [-0.2, -0.15) is 0 Å². The predicted octanol–water partition coefficient (Wildman–Crippen LogP) is 4.00. The average Bonchev–Trinajstić information content (AvgIpc) is 2.74. The average molecular weight is 287 g/mol. The molecule has 1 aromatic carbocycles. The Labute approximate surface area is 112 Å². The molecular formula is C13H12F3NOS. The second kappa shape index (κ2) is 5.22. The van der Waals surface area contributed by atoms with E-state index in [-0.39, 0.29) is 11.8 Å². The van der Waals surface area contributed by atoms with E-state index in [1.165, 1.54) is 12.1 Å². The van der Waals surface area contributed by atoms with Gasteiger partial charge >= 0.3 is 6.36 Å². The molecular weight excluding hydrogens is 275 g/mol. The number of halogens is 3. The molecule has 2 nitrogen and oxygen atoms in total. The second-order valence-electron chi connectivity index (χ2n) is 4.04. The van der Waals surface area contributed by atoms with Gasteiger partial charge < -0.3 is 10.5 Å². The van der Waals surface area contributed by atoms with E-state index >= 15 is 0 Å². The summed E-state index contributed by atoms with van der Waals surface area (Å²) in [6, 6.07) is 9.17. The number of benzene rings is 1. The van der Waals surface area contributed by atoms with E-state index in [9.17, 15) is 13.2 Å². The Morgan fingerprint density at radius 2 is 1.74 bits per heavy atom. The Hall–Kier alpha value is -1.53. The van der Waals surface area contributed by atoms with E-state index < -0.39 is 6.36 Å². The molecule has 2 rings (SSSR count). The maximum absolute atomic E-state index is 12.0. The molecule has 0 fully saturated rings. The minimum atomic E-state index is -4.67. The molecule has 0 aliphatic rings. The highest BCUT2D eigenvalue weighted by Crippen LogP contribution is 2.28. The minimum absolute atomic E-state index is 0.245. The molecule has 1 aromatic heterocycles. The lowest BCUT2D eigenvalue weighted by atomic mass is 10.1. The molecule has 0 saturated heterocycles. The van der Waals surface area contributed by atoms with Crippen molar-refractivity contribution in [1.82, 2.24) is 0 Å². The smallest absolute Gasteiger partial charge is 0.406 e. The molecule has 0 spiro atoms. The zero-order valence-corrected chi connectivity index (χ0v) is 10.9. The molecule has 0 saturated carbocycles. The minimum Gasteiger partial charge on any atom is -0.406 e. The summed E-state index contributed by atoms with van der Waals surface area (Å²) in [5, 5.41) is 0. The van der Waals surface area contributed by atoms with Crippen LogP contribution in [0.2, 0.25) is 0 Å². The molecule has 0 amide bonds. The Kier molecular flexibility index (Phi) is 3.82. The van der Waals surface area contributed by atoms with Gasteiger partial charge in [0.2, 0.25) is 0 Å². The zero-order valence-electron chi connectivity index (χ0n) is 10.1. The summed E-state index contributed by atoms with van der Waals surface area (Å²) in [5.74, 6) is -0.245. The summed E-state index contributed by atoms with van der Waals surface area (Å²) in [4.78, 5) is 2.12. The summed E-state index contributed by atoms with van der Waals surface area (Å²) in [6.45, 7) is 1.97. The van der Waals surface area contributed by atoms with Crippen LogP contribution in [0, 0.1) is 6.92 Å². The third-order valence-corrected chi connectivity index (χ3v) is 3.62. The lowest BCUT2D eigenvalue weighted by Gasteiger charge is -2.12. The highest BCUT2D eigenvalue weighted by Gasteiger charge is 2.31. The van der Waals surface area contributed by atoms with Crippen LogP contribution in [-0.4, -0.2) is 6.36 Å². The SMILES string of the molecule is Cc1ccc(C(N)c2ccc(OC(F)(F)F)cc2)s1. The van der Waals surface area contributed by atoms with E-state index in [0.717, 1.165) is 15.3 Å². The van der Waals surface area contributed by atoms with Gasteiger partial charge in [-0.15, -0.1) is 24.5 Å². The molecule has 1 heterocycles. The van der Waals surface area contributed by atoms with Crippen molar-refractivity contribution < 1.29 is 17.9 Å². The summed E-state index contributed by atoms with van der Waals surface area (Å²) < 4.78 is 39.9. The van der Waals surface area contributed by atoms with Crippen LogP contribution < -0.4 is 10.5 Å². The number of nitrogens with two attached hydrogens (primary N) is 1. The standard InChI is InChI=1S/C13H12F3NOS/c1-8-2-7-11(19-8)12(17)9-3-5-10(6-4-9)18-13(14,15)16/h2-7,12H,17H2,1H3. The lowest BCUT2D eigenvalue weighted by molar-refractivity contribution is -0.274. The summed E-state index contributed by atoms with van der Waals surface area (Å²) in [5.41, 5.74) is 6.80. The van der Waals surface area contributed by atoms with Crippen LogP contribution >= 0.6 is 11.3 Å². The van der Waals surface area contributed by atoms with E-state index in [1.807, 2.05) is 19.1 Å². The first-order valence-electron chi connectivity index (χ1n) is 5.53. The predicted molar refractivity (Wildman–Crippen MR) is 68.2 cm³/mol. The Morgan fingerprint density at radius 1 is 1.11 bits per heavy atom. The van der Waals surface area contributed by atoms with Gasteiger partial charge in [0.15, 0.2) is 0 Å². The van der Waals surface area contributed by atoms with E-state index in [0.29, 0.717) is 0 Å². The maximum atomic E-state index is 12.0. The fraction of sp³-hybridized carbons (Fsp3) is 0.231. The number of hydrogen-bond donors (Lipinski definition) is 1. The van der Waals surface area contributed by atoms with Gasteiger partial charge in [-0.1, -0.05) is 12.1 Å². The molecule has 1 unspecified atom stereocenters. The van der Waals surface area contributed by atoms with Crippen LogP contribution in [0.15, 0.2) is 36.4 Å². The summed E-state index contributed by atoms with van der Waals surface area (Å²) in [6.07, 6.45) is -4.67. The first-order valence-corrected chi connectivity index (χ1v) is 6.34. The van der Waals surface area contributed by atoms with Crippen LogP contribution in [0.5, 0.6) is 5.75 Å². The topological polar surface area (TPSA) is 35.2 Å². The van der Waals surface area contributed by atoms with Gasteiger partial charge in [0.05, 0.1) is 6.04 Å².